The van der Waals surface area contributed by atoms with E-state index in [0.29, 0.717) is 5.41 Å². The Morgan fingerprint density at radius 3 is 2.33 bits per heavy atom. The Morgan fingerprint density at radius 1 is 1.13 bits per heavy atom. The van der Waals surface area contributed by atoms with Crippen molar-refractivity contribution in [3.05, 3.63) is 34.9 Å². The number of benzene rings is 1. The largest absolute Gasteiger partial charge is 0.0649 e. The second-order valence-electron chi connectivity index (χ2n) is 5.31. The lowest BCUT2D eigenvalue weighted by Gasteiger charge is -2.23. The molecule has 0 unspecified atom stereocenters. The fraction of sp³-hybridized carbons (Fsp3) is 0.600. The third-order valence-corrected chi connectivity index (χ3v) is 3.43. The summed E-state index contributed by atoms with van der Waals surface area (Å²) in [5.41, 5.74) is 4.85. The summed E-state index contributed by atoms with van der Waals surface area (Å²) in [6.45, 7) is 11.4. The van der Waals surface area contributed by atoms with Gasteiger partial charge in [-0.3, -0.25) is 0 Å². The highest BCUT2D eigenvalue weighted by Crippen LogP contribution is 2.26. The molecule has 1 aromatic rings. The van der Waals surface area contributed by atoms with Crippen LogP contribution in [0.2, 0.25) is 0 Å². The van der Waals surface area contributed by atoms with Crippen LogP contribution in [-0.2, 0) is 12.8 Å². The fourth-order valence-electron chi connectivity index (χ4n) is 1.89. The molecule has 0 saturated carbocycles. The van der Waals surface area contributed by atoms with Crippen LogP contribution in [0.1, 0.15) is 50.8 Å². The highest BCUT2D eigenvalue weighted by molar-refractivity contribution is 5.31. The highest BCUT2D eigenvalue weighted by Gasteiger charge is 2.15. The van der Waals surface area contributed by atoms with E-state index < -0.39 is 0 Å². The molecule has 0 N–H and O–H groups in total. The lowest BCUT2D eigenvalue weighted by molar-refractivity contribution is 0.349. The average Bonchev–Trinajstić information content (AvgIpc) is 2.20. The van der Waals surface area contributed by atoms with E-state index in [-0.39, 0.29) is 0 Å². The van der Waals surface area contributed by atoms with E-state index in [0.717, 1.165) is 6.42 Å². The van der Waals surface area contributed by atoms with Gasteiger partial charge >= 0.3 is 0 Å². The average molecular weight is 204 g/mol. The first-order valence-corrected chi connectivity index (χ1v) is 6.07. The molecule has 0 atom stereocenters. The van der Waals surface area contributed by atoms with E-state index in [2.05, 4.69) is 52.8 Å². The van der Waals surface area contributed by atoms with Gasteiger partial charge in [0.2, 0.25) is 0 Å². The number of hydrogen-bond acceptors (Lipinski definition) is 0. The van der Waals surface area contributed by atoms with Gasteiger partial charge in [0.25, 0.3) is 0 Å². The van der Waals surface area contributed by atoms with Gasteiger partial charge in [-0.2, -0.15) is 0 Å². The van der Waals surface area contributed by atoms with E-state index >= 15 is 0 Å². The molecule has 0 aliphatic heterocycles. The topological polar surface area (TPSA) is 0 Å². The van der Waals surface area contributed by atoms with Crippen LogP contribution >= 0.6 is 0 Å². The molecule has 0 radical (unpaired) electrons. The highest BCUT2D eigenvalue weighted by atomic mass is 14.2. The Balaban J connectivity index is 2.87. The molecule has 0 bridgehead atoms. The van der Waals surface area contributed by atoms with E-state index in [1.54, 1.807) is 0 Å². The van der Waals surface area contributed by atoms with Crippen molar-refractivity contribution in [1.82, 2.24) is 0 Å². The van der Waals surface area contributed by atoms with Gasteiger partial charge < -0.3 is 0 Å². The van der Waals surface area contributed by atoms with Crippen molar-refractivity contribution < 1.29 is 0 Å². The molecule has 1 aromatic carbocycles. The zero-order chi connectivity index (χ0) is 11.5. The van der Waals surface area contributed by atoms with E-state index in [1.165, 1.54) is 29.5 Å². The van der Waals surface area contributed by atoms with Gasteiger partial charge in [0.1, 0.15) is 0 Å². The summed E-state index contributed by atoms with van der Waals surface area (Å²) in [6, 6.07) is 6.93. The van der Waals surface area contributed by atoms with E-state index in [4.69, 9.17) is 0 Å². The minimum absolute atomic E-state index is 0.431. The first-order chi connectivity index (χ1) is 6.98. The molecule has 0 heterocycles. The Morgan fingerprint density at radius 2 is 1.80 bits per heavy atom. The molecule has 0 amide bonds. The Bertz CT molecular complexity index is 321. The van der Waals surface area contributed by atoms with Crippen LogP contribution in [0.4, 0.5) is 0 Å². The molecule has 84 valence electrons. The van der Waals surface area contributed by atoms with E-state index in [1.807, 2.05) is 0 Å². The van der Waals surface area contributed by atoms with Crippen molar-refractivity contribution in [1.29, 1.82) is 0 Å². The molecule has 0 spiro atoms. The lowest BCUT2D eigenvalue weighted by Crippen LogP contribution is -2.13. The SMILES string of the molecule is CCc1cc(CC(C)(C)CC)ccc1C. The number of aryl methyl sites for hydroxylation is 2. The summed E-state index contributed by atoms with van der Waals surface area (Å²) < 4.78 is 0. The third kappa shape index (κ3) is 3.37. The van der Waals surface area contributed by atoms with Crippen molar-refractivity contribution in [2.75, 3.05) is 0 Å². The van der Waals surface area contributed by atoms with Crippen molar-refractivity contribution in [3.8, 4) is 0 Å². The second-order valence-corrected chi connectivity index (χ2v) is 5.31. The van der Waals surface area contributed by atoms with Crippen molar-refractivity contribution in [2.45, 2.75) is 53.9 Å². The predicted molar refractivity (Wildman–Crippen MR) is 68.3 cm³/mol. The minimum Gasteiger partial charge on any atom is -0.0649 e. The summed E-state index contributed by atoms with van der Waals surface area (Å²) in [5, 5.41) is 0. The Kier molecular flexibility index (Phi) is 3.96. The van der Waals surface area contributed by atoms with Gasteiger partial charge in [0, 0.05) is 0 Å². The van der Waals surface area contributed by atoms with Gasteiger partial charge in [-0.25, -0.2) is 0 Å². The monoisotopic (exact) mass is 204 g/mol. The quantitative estimate of drug-likeness (QED) is 0.675. The van der Waals surface area contributed by atoms with Gasteiger partial charge in [-0.15, -0.1) is 0 Å². The van der Waals surface area contributed by atoms with Crippen molar-refractivity contribution in [3.63, 3.8) is 0 Å². The normalized spacial score (nSPS) is 11.8. The minimum atomic E-state index is 0.431. The maximum absolute atomic E-state index is 2.38. The van der Waals surface area contributed by atoms with Crippen LogP contribution in [0.3, 0.4) is 0 Å². The van der Waals surface area contributed by atoms with E-state index in [9.17, 15) is 0 Å². The smallest absolute Gasteiger partial charge is 0.0227 e. The molecule has 0 aliphatic rings. The first-order valence-electron chi connectivity index (χ1n) is 6.07. The molecule has 0 saturated heterocycles. The van der Waals surface area contributed by atoms with Crippen LogP contribution < -0.4 is 0 Å². The second kappa shape index (κ2) is 4.83. The van der Waals surface area contributed by atoms with Crippen molar-refractivity contribution in [2.24, 2.45) is 5.41 Å². The lowest BCUT2D eigenvalue weighted by atomic mass is 9.83. The predicted octanol–water partition coefficient (Wildman–Crippen LogP) is 4.54. The molecular weight excluding hydrogens is 180 g/mol. The van der Waals surface area contributed by atoms with Gasteiger partial charge in [0.15, 0.2) is 0 Å². The summed E-state index contributed by atoms with van der Waals surface area (Å²) >= 11 is 0. The summed E-state index contributed by atoms with van der Waals surface area (Å²) in [7, 11) is 0. The molecule has 0 nitrogen and oxygen atoms in total. The molecule has 0 heteroatoms. The molecule has 0 aromatic heterocycles. The van der Waals surface area contributed by atoms with Gasteiger partial charge in [-0.05, 0) is 41.9 Å². The third-order valence-electron chi connectivity index (χ3n) is 3.43. The van der Waals surface area contributed by atoms with Crippen LogP contribution in [0.5, 0.6) is 0 Å². The first kappa shape index (κ1) is 12.3. The van der Waals surface area contributed by atoms with Gasteiger partial charge in [-0.1, -0.05) is 52.3 Å². The molecule has 0 fully saturated rings. The Hall–Kier alpha value is -0.780. The number of rotatable bonds is 4. The molecule has 15 heavy (non-hydrogen) atoms. The summed E-state index contributed by atoms with van der Waals surface area (Å²) in [4.78, 5) is 0. The maximum Gasteiger partial charge on any atom is -0.0227 e. The number of hydrogen-bond donors (Lipinski definition) is 0. The fourth-order valence-corrected chi connectivity index (χ4v) is 1.89. The summed E-state index contributed by atoms with van der Waals surface area (Å²) in [5.74, 6) is 0. The Labute approximate surface area is 94.7 Å². The molecular formula is C15H24. The molecule has 0 aliphatic carbocycles. The zero-order valence-corrected chi connectivity index (χ0v) is 10.9. The van der Waals surface area contributed by atoms with Crippen molar-refractivity contribution >= 4 is 0 Å². The van der Waals surface area contributed by atoms with Crippen LogP contribution in [0.25, 0.3) is 0 Å². The van der Waals surface area contributed by atoms with Crippen LogP contribution in [0, 0.1) is 12.3 Å². The van der Waals surface area contributed by atoms with Gasteiger partial charge in [0.05, 0.1) is 0 Å². The maximum atomic E-state index is 2.38. The molecule has 1 rings (SSSR count). The standard InChI is InChI=1S/C15H24/c1-6-14-10-13(9-8-12(14)3)11-15(4,5)7-2/h8-10H,6-7,11H2,1-5H3. The van der Waals surface area contributed by atoms with Crippen LogP contribution in [0.15, 0.2) is 18.2 Å². The van der Waals surface area contributed by atoms with Crippen LogP contribution in [-0.4, -0.2) is 0 Å². The zero-order valence-electron chi connectivity index (χ0n) is 10.9. The summed E-state index contributed by atoms with van der Waals surface area (Å²) in [6.07, 6.45) is 3.57.